The van der Waals surface area contributed by atoms with Gasteiger partial charge in [-0.2, -0.15) is 5.10 Å². The van der Waals surface area contributed by atoms with Crippen molar-refractivity contribution in [2.45, 2.75) is 27.3 Å². The fraction of sp³-hybridized carbons (Fsp3) is 0.308. The van der Waals surface area contributed by atoms with Gasteiger partial charge in [-0.05, 0) is 13.0 Å². The minimum atomic E-state index is 0.508. The zero-order chi connectivity index (χ0) is 13.0. The van der Waals surface area contributed by atoms with Gasteiger partial charge in [-0.1, -0.05) is 32.0 Å². The van der Waals surface area contributed by atoms with Crippen LogP contribution in [0.5, 0.6) is 0 Å². The van der Waals surface area contributed by atoms with Gasteiger partial charge in [0.2, 0.25) is 12.3 Å². The number of para-hydroxylation sites is 1. The predicted octanol–water partition coefficient (Wildman–Crippen LogP) is 2.80. The molecule has 0 spiro atoms. The van der Waals surface area contributed by atoms with Crippen LogP contribution in [0.15, 0.2) is 35.1 Å². The van der Waals surface area contributed by atoms with Crippen LogP contribution in [0.25, 0.3) is 10.9 Å². The molecule has 1 aromatic carbocycles. The number of benzene rings is 1. The number of rotatable bonds is 2. The lowest BCUT2D eigenvalue weighted by molar-refractivity contribution is 0.468. The Balaban J connectivity index is 0.000000574. The topological polar surface area (TPSA) is 56.7 Å². The van der Waals surface area contributed by atoms with E-state index < -0.39 is 0 Å². The number of aryl methyl sites for hydroxylation is 1. The molecule has 3 rings (SSSR count). The van der Waals surface area contributed by atoms with Gasteiger partial charge in [0.15, 0.2) is 0 Å². The summed E-state index contributed by atoms with van der Waals surface area (Å²) in [5.74, 6) is 0.563. The number of hydrogen-bond donors (Lipinski definition) is 0. The maximum Gasteiger partial charge on any atom is 0.237 e. The van der Waals surface area contributed by atoms with Crippen LogP contribution in [0.4, 0.5) is 0 Å². The second kappa shape index (κ2) is 5.44. The van der Waals surface area contributed by atoms with E-state index in [0.717, 1.165) is 16.6 Å². The zero-order valence-corrected chi connectivity index (χ0v) is 10.8. The highest BCUT2D eigenvalue weighted by molar-refractivity contribution is 5.81. The summed E-state index contributed by atoms with van der Waals surface area (Å²) in [6.45, 7) is 6.50. The second-order valence-corrected chi connectivity index (χ2v) is 3.59. The summed E-state index contributed by atoms with van der Waals surface area (Å²) in [6, 6.07) is 8.09. The lowest BCUT2D eigenvalue weighted by Crippen LogP contribution is -2.02. The van der Waals surface area contributed by atoms with Crippen molar-refractivity contribution in [1.82, 2.24) is 20.0 Å². The Kier molecular flexibility index (Phi) is 3.72. The normalized spacial score (nSPS) is 10.2. The lowest BCUT2D eigenvalue weighted by Gasteiger charge is -1.98. The summed E-state index contributed by atoms with van der Waals surface area (Å²) < 4.78 is 6.99. The minimum Gasteiger partial charge on any atom is -0.426 e. The van der Waals surface area contributed by atoms with Gasteiger partial charge in [-0.3, -0.25) is 4.68 Å². The van der Waals surface area contributed by atoms with Crippen molar-refractivity contribution in [2.24, 2.45) is 0 Å². The van der Waals surface area contributed by atoms with Gasteiger partial charge in [0.25, 0.3) is 0 Å². The van der Waals surface area contributed by atoms with E-state index in [2.05, 4.69) is 21.4 Å². The molecule has 0 amide bonds. The third-order valence-corrected chi connectivity index (χ3v) is 2.53. The molecule has 0 aliphatic rings. The smallest absolute Gasteiger partial charge is 0.237 e. The first kappa shape index (κ1) is 12.3. The Hall–Kier alpha value is -2.17. The third kappa shape index (κ3) is 2.25. The standard InChI is InChI=1S/C11H10N4O.C2H6/c1-8-9-4-2-3-5-10(9)15(14-8)6-11-13-12-7-16-11;1-2/h2-5,7H,6H2,1H3;1-2H3. The fourth-order valence-corrected chi connectivity index (χ4v) is 1.81. The SMILES string of the molecule is CC.Cc1nn(Cc2nnco2)c2ccccc12. The van der Waals surface area contributed by atoms with Crippen molar-refractivity contribution in [3.05, 3.63) is 42.2 Å². The summed E-state index contributed by atoms with van der Waals surface area (Å²) in [6.07, 6.45) is 1.33. The Labute approximate surface area is 105 Å². The van der Waals surface area contributed by atoms with Crippen molar-refractivity contribution in [3.8, 4) is 0 Å². The molecule has 0 atom stereocenters. The highest BCUT2D eigenvalue weighted by atomic mass is 16.4. The molecule has 0 N–H and O–H groups in total. The van der Waals surface area contributed by atoms with Crippen LogP contribution in [-0.2, 0) is 6.54 Å². The largest absolute Gasteiger partial charge is 0.426 e. The lowest BCUT2D eigenvalue weighted by atomic mass is 10.2. The Bertz CT molecular complexity index is 613. The summed E-state index contributed by atoms with van der Waals surface area (Å²) in [7, 11) is 0. The molecule has 0 unspecified atom stereocenters. The van der Waals surface area contributed by atoms with Gasteiger partial charge >= 0.3 is 0 Å². The molecule has 0 aliphatic carbocycles. The molecule has 0 bridgehead atoms. The number of aromatic nitrogens is 4. The van der Waals surface area contributed by atoms with E-state index in [1.165, 1.54) is 6.39 Å². The Morgan fingerprint density at radius 2 is 2.00 bits per heavy atom. The van der Waals surface area contributed by atoms with E-state index in [1.807, 2.05) is 43.7 Å². The third-order valence-electron chi connectivity index (χ3n) is 2.53. The van der Waals surface area contributed by atoms with Crippen molar-refractivity contribution in [2.75, 3.05) is 0 Å². The van der Waals surface area contributed by atoms with Gasteiger partial charge in [0.05, 0.1) is 11.2 Å². The second-order valence-electron chi connectivity index (χ2n) is 3.59. The monoisotopic (exact) mass is 244 g/mol. The van der Waals surface area contributed by atoms with Gasteiger partial charge in [-0.25, -0.2) is 0 Å². The van der Waals surface area contributed by atoms with Gasteiger partial charge in [0, 0.05) is 5.39 Å². The first-order valence-corrected chi connectivity index (χ1v) is 6.02. The summed E-state index contributed by atoms with van der Waals surface area (Å²) >= 11 is 0. The van der Waals surface area contributed by atoms with Crippen LogP contribution in [0.1, 0.15) is 25.4 Å². The molecule has 0 radical (unpaired) electrons. The van der Waals surface area contributed by atoms with Gasteiger partial charge in [-0.15, -0.1) is 10.2 Å². The van der Waals surface area contributed by atoms with Crippen LogP contribution >= 0.6 is 0 Å². The molecule has 18 heavy (non-hydrogen) atoms. The first-order valence-electron chi connectivity index (χ1n) is 6.02. The molecule has 0 saturated heterocycles. The van der Waals surface area contributed by atoms with Crippen LogP contribution in [-0.4, -0.2) is 20.0 Å². The predicted molar refractivity (Wildman–Crippen MR) is 69.2 cm³/mol. The van der Waals surface area contributed by atoms with E-state index in [0.29, 0.717) is 12.4 Å². The summed E-state index contributed by atoms with van der Waals surface area (Å²) in [5, 5.41) is 13.1. The molecule has 3 aromatic rings. The zero-order valence-electron chi connectivity index (χ0n) is 10.8. The van der Waals surface area contributed by atoms with E-state index in [-0.39, 0.29) is 0 Å². The van der Waals surface area contributed by atoms with E-state index >= 15 is 0 Å². The van der Waals surface area contributed by atoms with E-state index in [4.69, 9.17) is 4.42 Å². The van der Waals surface area contributed by atoms with Crippen LogP contribution in [0.2, 0.25) is 0 Å². The summed E-state index contributed by atoms with van der Waals surface area (Å²) in [5.41, 5.74) is 2.09. The highest BCUT2D eigenvalue weighted by Crippen LogP contribution is 2.17. The number of hydrogen-bond acceptors (Lipinski definition) is 4. The fourth-order valence-electron chi connectivity index (χ4n) is 1.81. The molecule has 94 valence electrons. The summed E-state index contributed by atoms with van der Waals surface area (Å²) in [4.78, 5) is 0. The van der Waals surface area contributed by atoms with E-state index in [1.54, 1.807) is 0 Å². The van der Waals surface area contributed by atoms with Gasteiger partial charge in [0.1, 0.15) is 6.54 Å². The molecular weight excluding hydrogens is 228 g/mol. The minimum absolute atomic E-state index is 0.508. The van der Waals surface area contributed by atoms with Crippen molar-refractivity contribution in [3.63, 3.8) is 0 Å². The molecular formula is C13H16N4O. The molecule has 5 heteroatoms. The molecule has 0 saturated carbocycles. The Morgan fingerprint density at radius 1 is 1.22 bits per heavy atom. The van der Waals surface area contributed by atoms with Crippen LogP contribution < -0.4 is 0 Å². The van der Waals surface area contributed by atoms with Crippen LogP contribution in [0, 0.1) is 6.92 Å². The maximum absolute atomic E-state index is 5.11. The first-order chi connectivity index (χ1) is 8.84. The quantitative estimate of drug-likeness (QED) is 0.695. The average Bonchev–Trinajstić information content (AvgIpc) is 3.03. The molecule has 0 aliphatic heterocycles. The Morgan fingerprint density at radius 3 is 2.72 bits per heavy atom. The van der Waals surface area contributed by atoms with Gasteiger partial charge < -0.3 is 4.42 Å². The number of fused-ring (bicyclic) bond motifs is 1. The maximum atomic E-state index is 5.11. The van der Waals surface area contributed by atoms with E-state index in [9.17, 15) is 0 Å². The van der Waals surface area contributed by atoms with Crippen LogP contribution in [0.3, 0.4) is 0 Å². The van der Waals surface area contributed by atoms with Crippen molar-refractivity contribution >= 4 is 10.9 Å². The average molecular weight is 244 g/mol. The molecule has 5 nitrogen and oxygen atoms in total. The molecule has 2 aromatic heterocycles. The number of nitrogens with zero attached hydrogens (tertiary/aromatic N) is 4. The van der Waals surface area contributed by atoms with Crippen molar-refractivity contribution < 1.29 is 4.42 Å². The molecule has 0 fully saturated rings. The highest BCUT2D eigenvalue weighted by Gasteiger charge is 2.08. The molecule has 2 heterocycles. The van der Waals surface area contributed by atoms with Crippen molar-refractivity contribution in [1.29, 1.82) is 0 Å².